The Morgan fingerprint density at radius 3 is 2.64 bits per heavy atom. The zero-order valence-electron chi connectivity index (χ0n) is 13.6. The molecule has 1 fully saturated rings. The van der Waals surface area contributed by atoms with E-state index in [4.69, 9.17) is 12.2 Å². The number of halogens is 3. The van der Waals surface area contributed by atoms with Gasteiger partial charge in [0.1, 0.15) is 10.1 Å². The van der Waals surface area contributed by atoms with E-state index in [1.54, 1.807) is 0 Å². The van der Waals surface area contributed by atoms with Gasteiger partial charge >= 0.3 is 6.36 Å². The maximum atomic E-state index is 12.1. The first-order valence-electron chi connectivity index (χ1n) is 7.83. The molecule has 25 heavy (non-hydrogen) atoms. The van der Waals surface area contributed by atoms with Crippen LogP contribution in [-0.2, 0) is 4.79 Å². The molecule has 0 aromatic heterocycles. The topological polar surface area (TPSA) is 41.6 Å². The summed E-state index contributed by atoms with van der Waals surface area (Å²) in [7, 11) is 0. The molecule has 1 aromatic rings. The molecule has 4 nitrogen and oxygen atoms in total. The Labute approximate surface area is 154 Å². The lowest BCUT2D eigenvalue weighted by atomic mass is 10.1. The van der Waals surface area contributed by atoms with Crippen LogP contribution in [0.15, 0.2) is 24.3 Å². The number of alkyl halides is 3. The average Bonchev–Trinajstić information content (AvgIpc) is 2.53. The largest absolute Gasteiger partial charge is 0.573 e. The van der Waals surface area contributed by atoms with Crippen LogP contribution in [0.2, 0.25) is 0 Å². The Morgan fingerprint density at radius 2 is 2.04 bits per heavy atom. The molecule has 9 heteroatoms. The maximum Gasteiger partial charge on any atom is 0.573 e. The van der Waals surface area contributed by atoms with Crippen molar-refractivity contribution in [3.63, 3.8) is 0 Å². The molecule has 1 aromatic carbocycles. The zero-order chi connectivity index (χ0) is 18.4. The van der Waals surface area contributed by atoms with Crippen molar-refractivity contribution in [2.75, 3.05) is 17.6 Å². The van der Waals surface area contributed by atoms with Gasteiger partial charge in [0, 0.05) is 18.3 Å². The Morgan fingerprint density at radius 1 is 1.36 bits per heavy atom. The number of benzene rings is 1. The van der Waals surface area contributed by atoms with Crippen molar-refractivity contribution in [3.8, 4) is 5.75 Å². The first-order chi connectivity index (χ1) is 11.7. The van der Waals surface area contributed by atoms with Gasteiger partial charge in [0.2, 0.25) is 5.91 Å². The molecule has 0 saturated carbocycles. The van der Waals surface area contributed by atoms with E-state index in [1.165, 1.54) is 30.3 Å². The second-order valence-electron chi connectivity index (χ2n) is 5.71. The number of thiocarbonyl (C=S) groups is 1. The van der Waals surface area contributed by atoms with Crippen molar-refractivity contribution in [2.24, 2.45) is 0 Å². The number of nitrogens with zero attached hydrogens (tertiary/aromatic N) is 1. The second-order valence-corrected chi connectivity index (χ2v) is 7.32. The van der Waals surface area contributed by atoms with Crippen molar-refractivity contribution >= 4 is 39.9 Å². The fourth-order valence-electron chi connectivity index (χ4n) is 2.52. The molecule has 0 bridgehead atoms. The molecule has 0 radical (unpaired) electrons. The van der Waals surface area contributed by atoms with Crippen LogP contribution < -0.4 is 10.1 Å². The van der Waals surface area contributed by atoms with E-state index < -0.39 is 6.36 Å². The SMILES string of the molecule is C[C@@H]1CCCCN1C(=S)SCC(=O)Nc1ccc(OC(F)(F)F)cc1. The Balaban J connectivity index is 1.79. The lowest BCUT2D eigenvalue weighted by molar-refractivity contribution is -0.274. The minimum absolute atomic E-state index is 0.156. The normalized spacial score (nSPS) is 17.9. The molecular formula is C16H19F3N2O2S2. The van der Waals surface area contributed by atoms with Gasteiger partial charge in [0.25, 0.3) is 0 Å². The molecule has 0 spiro atoms. The van der Waals surface area contributed by atoms with Gasteiger partial charge in [0.15, 0.2) is 0 Å². The van der Waals surface area contributed by atoms with Gasteiger partial charge in [-0.15, -0.1) is 13.2 Å². The number of carbonyl (C=O) groups excluding carboxylic acids is 1. The van der Waals surface area contributed by atoms with E-state index in [2.05, 4.69) is 21.9 Å². The fraction of sp³-hybridized carbons (Fsp3) is 0.500. The highest BCUT2D eigenvalue weighted by Crippen LogP contribution is 2.24. The van der Waals surface area contributed by atoms with Crippen LogP contribution in [-0.4, -0.2) is 39.8 Å². The third kappa shape index (κ3) is 6.74. The molecular weight excluding hydrogens is 373 g/mol. The number of ether oxygens (including phenoxy) is 1. The highest BCUT2D eigenvalue weighted by Gasteiger charge is 2.31. The quantitative estimate of drug-likeness (QED) is 0.769. The Hall–Kier alpha value is -1.48. The molecule has 1 atom stereocenters. The smallest absolute Gasteiger partial charge is 0.406 e. The van der Waals surface area contributed by atoms with Crippen LogP contribution >= 0.6 is 24.0 Å². The first-order valence-corrected chi connectivity index (χ1v) is 9.23. The van der Waals surface area contributed by atoms with E-state index in [-0.39, 0.29) is 17.4 Å². The number of carbonyl (C=O) groups is 1. The summed E-state index contributed by atoms with van der Waals surface area (Å²) < 4.78 is 40.8. The van der Waals surface area contributed by atoms with E-state index in [0.717, 1.165) is 31.5 Å². The van der Waals surface area contributed by atoms with E-state index in [9.17, 15) is 18.0 Å². The van der Waals surface area contributed by atoms with Crippen molar-refractivity contribution in [2.45, 2.75) is 38.6 Å². The van der Waals surface area contributed by atoms with Crippen LogP contribution in [0.3, 0.4) is 0 Å². The summed E-state index contributed by atoms with van der Waals surface area (Å²) >= 11 is 6.68. The van der Waals surface area contributed by atoms with E-state index >= 15 is 0 Å². The minimum Gasteiger partial charge on any atom is -0.406 e. The molecule has 1 aliphatic rings. The van der Waals surface area contributed by atoms with Gasteiger partial charge in [0.05, 0.1) is 5.75 Å². The molecule has 1 N–H and O–H groups in total. The van der Waals surface area contributed by atoms with Gasteiger partial charge in [-0.1, -0.05) is 24.0 Å². The van der Waals surface area contributed by atoms with Crippen LogP contribution in [0.5, 0.6) is 5.75 Å². The number of likely N-dealkylation sites (tertiary alicyclic amines) is 1. The number of anilines is 1. The molecule has 0 aliphatic carbocycles. The zero-order valence-corrected chi connectivity index (χ0v) is 15.3. The number of nitrogens with one attached hydrogen (secondary N) is 1. The van der Waals surface area contributed by atoms with Crippen LogP contribution in [0.25, 0.3) is 0 Å². The number of piperidine rings is 1. The number of thioether (sulfide) groups is 1. The molecule has 1 heterocycles. The van der Waals surface area contributed by atoms with Crippen molar-refractivity contribution in [1.29, 1.82) is 0 Å². The summed E-state index contributed by atoms with van der Waals surface area (Å²) in [6.45, 7) is 3.03. The molecule has 1 saturated heterocycles. The highest BCUT2D eigenvalue weighted by atomic mass is 32.2. The van der Waals surface area contributed by atoms with Crippen molar-refractivity contribution in [3.05, 3.63) is 24.3 Å². The van der Waals surface area contributed by atoms with Crippen LogP contribution in [0, 0.1) is 0 Å². The predicted molar refractivity (Wildman–Crippen MR) is 96.8 cm³/mol. The summed E-state index contributed by atoms with van der Waals surface area (Å²) in [6, 6.07) is 5.40. The van der Waals surface area contributed by atoms with Gasteiger partial charge in [-0.3, -0.25) is 4.79 Å². The summed E-state index contributed by atoms with van der Waals surface area (Å²) in [5.74, 6) is -0.440. The van der Waals surface area contributed by atoms with Gasteiger partial charge < -0.3 is 15.0 Å². The Bertz CT molecular complexity index is 608. The van der Waals surface area contributed by atoms with Gasteiger partial charge in [-0.05, 0) is 50.5 Å². The lowest BCUT2D eigenvalue weighted by Crippen LogP contribution is -2.40. The van der Waals surface area contributed by atoms with E-state index in [0.29, 0.717) is 16.0 Å². The van der Waals surface area contributed by atoms with E-state index in [1.807, 2.05) is 0 Å². The maximum absolute atomic E-state index is 12.1. The van der Waals surface area contributed by atoms with Gasteiger partial charge in [-0.25, -0.2) is 0 Å². The van der Waals surface area contributed by atoms with Crippen LogP contribution in [0.4, 0.5) is 18.9 Å². The predicted octanol–water partition coefficient (Wildman–Crippen LogP) is 4.42. The van der Waals surface area contributed by atoms with Crippen molar-refractivity contribution in [1.82, 2.24) is 4.90 Å². The molecule has 0 unspecified atom stereocenters. The summed E-state index contributed by atoms with van der Waals surface area (Å²) in [5, 5.41) is 2.63. The molecule has 138 valence electrons. The number of hydrogen-bond acceptors (Lipinski definition) is 4. The first kappa shape index (κ1) is 19.8. The molecule has 1 aliphatic heterocycles. The highest BCUT2D eigenvalue weighted by molar-refractivity contribution is 8.23. The summed E-state index contributed by atoms with van der Waals surface area (Å²) in [6.07, 6.45) is -1.34. The molecule has 1 amide bonds. The van der Waals surface area contributed by atoms with Crippen LogP contribution in [0.1, 0.15) is 26.2 Å². The van der Waals surface area contributed by atoms with Gasteiger partial charge in [-0.2, -0.15) is 0 Å². The fourth-order valence-corrected chi connectivity index (χ4v) is 3.73. The lowest BCUT2D eigenvalue weighted by Gasteiger charge is -2.35. The Kier molecular flexibility index (Phi) is 6.95. The minimum atomic E-state index is -4.73. The number of hydrogen-bond donors (Lipinski definition) is 1. The standard InChI is InChI=1S/C16H19F3N2O2S2/c1-11-4-2-3-9-21(11)15(24)25-10-14(22)20-12-5-7-13(8-6-12)23-16(17,18)19/h5-8,11H,2-4,9-10H2,1H3,(H,20,22)/t11-/m1/s1. The summed E-state index contributed by atoms with van der Waals surface area (Å²) in [4.78, 5) is 14.1. The third-order valence-electron chi connectivity index (χ3n) is 3.74. The number of amides is 1. The number of rotatable bonds is 4. The second kappa shape index (κ2) is 8.75. The monoisotopic (exact) mass is 392 g/mol. The van der Waals surface area contributed by atoms with Crippen molar-refractivity contribution < 1.29 is 22.7 Å². The average molecular weight is 392 g/mol. The molecule has 2 rings (SSSR count). The summed E-state index contributed by atoms with van der Waals surface area (Å²) in [5.41, 5.74) is 0.400. The third-order valence-corrected chi connectivity index (χ3v) is 5.21.